The number of hydrogen-bond acceptors (Lipinski definition) is 3. The van der Waals surface area contributed by atoms with Gasteiger partial charge in [-0.15, -0.1) is 0 Å². The largest absolute Gasteiger partial charge is 0.310 e. The lowest BCUT2D eigenvalue weighted by molar-refractivity contribution is 1.17. The van der Waals surface area contributed by atoms with Crippen LogP contribution in [0, 0.1) is 22.7 Å². The third-order valence-corrected chi connectivity index (χ3v) is 10.6. The first-order chi connectivity index (χ1) is 27.2. The molecule has 0 unspecified atom stereocenters. The van der Waals surface area contributed by atoms with E-state index in [0.29, 0.717) is 11.1 Å². The van der Waals surface area contributed by atoms with E-state index in [0.717, 1.165) is 72.4 Å². The lowest BCUT2D eigenvalue weighted by Crippen LogP contribution is -2.09. The van der Waals surface area contributed by atoms with E-state index in [1.165, 1.54) is 10.8 Å². The molecule has 5 nitrogen and oxygen atoms in total. The van der Waals surface area contributed by atoms with E-state index in [1.54, 1.807) is 6.07 Å². The second kappa shape index (κ2) is 13.0. The van der Waals surface area contributed by atoms with Crippen molar-refractivity contribution >= 4 is 60.7 Å². The van der Waals surface area contributed by atoms with Gasteiger partial charge in [-0.3, -0.25) is 0 Å². The number of rotatable bonds is 6. The Labute approximate surface area is 318 Å². The molecule has 8 aromatic carbocycles. The molecule has 0 aliphatic rings. The Morgan fingerprint density at radius 2 is 0.982 bits per heavy atom. The molecule has 0 aliphatic heterocycles. The van der Waals surface area contributed by atoms with E-state index in [9.17, 15) is 10.5 Å². The second-order valence-electron chi connectivity index (χ2n) is 13.6. The summed E-state index contributed by atoms with van der Waals surface area (Å²) < 4.78 is 4.56. The van der Waals surface area contributed by atoms with E-state index in [-0.39, 0.29) is 0 Å². The van der Waals surface area contributed by atoms with E-state index < -0.39 is 0 Å². The Balaban J connectivity index is 1.27. The van der Waals surface area contributed by atoms with Gasteiger partial charge in [-0.25, -0.2) is 0 Å². The Morgan fingerprint density at radius 1 is 0.382 bits per heavy atom. The predicted molar refractivity (Wildman–Crippen MR) is 225 cm³/mol. The summed E-state index contributed by atoms with van der Waals surface area (Å²) in [5.41, 5.74) is 12.3. The number of nitrogens with zero attached hydrogens (tertiary/aromatic N) is 5. The lowest BCUT2D eigenvalue weighted by atomic mass is 9.97. The fourth-order valence-electron chi connectivity index (χ4n) is 8.17. The number of hydrogen-bond donors (Lipinski definition) is 0. The zero-order valence-corrected chi connectivity index (χ0v) is 29.6. The van der Waals surface area contributed by atoms with Crippen LogP contribution in [0.2, 0.25) is 0 Å². The van der Waals surface area contributed by atoms with Crippen LogP contribution in [0.4, 0.5) is 17.1 Å². The van der Waals surface area contributed by atoms with Crippen LogP contribution in [0.15, 0.2) is 188 Å². The molecule has 5 heteroatoms. The van der Waals surface area contributed by atoms with E-state index in [1.807, 2.05) is 24.3 Å². The molecule has 10 aromatic rings. The third kappa shape index (κ3) is 5.15. The summed E-state index contributed by atoms with van der Waals surface area (Å²) in [6.45, 7) is 0. The van der Waals surface area contributed by atoms with Crippen molar-refractivity contribution in [3.05, 3.63) is 199 Å². The first kappa shape index (κ1) is 31.8. The summed E-state index contributed by atoms with van der Waals surface area (Å²) in [7, 11) is 0. The van der Waals surface area contributed by atoms with Crippen LogP contribution >= 0.6 is 0 Å². The van der Waals surface area contributed by atoms with Gasteiger partial charge in [0.05, 0.1) is 33.2 Å². The van der Waals surface area contributed by atoms with Gasteiger partial charge in [0.15, 0.2) is 0 Å². The number of aromatic nitrogens is 2. The molecule has 55 heavy (non-hydrogen) atoms. The summed E-state index contributed by atoms with van der Waals surface area (Å²) in [6, 6.07) is 69.8. The highest BCUT2D eigenvalue weighted by Crippen LogP contribution is 2.44. The minimum Gasteiger partial charge on any atom is -0.310 e. The molecule has 0 N–H and O–H groups in total. The average Bonchev–Trinajstić information content (AvgIpc) is 3.77. The summed E-state index contributed by atoms with van der Waals surface area (Å²) in [6.07, 6.45) is 0. The summed E-state index contributed by atoms with van der Waals surface area (Å²) in [5.74, 6) is 0. The molecule has 0 fully saturated rings. The van der Waals surface area contributed by atoms with Crippen LogP contribution in [0.3, 0.4) is 0 Å². The molecule has 10 rings (SSSR count). The maximum Gasteiger partial charge on any atom is 0.101 e. The highest BCUT2D eigenvalue weighted by Gasteiger charge is 2.21. The van der Waals surface area contributed by atoms with E-state index in [2.05, 4.69) is 184 Å². The smallest absolute Gasteiger partial charge is 0.101 e. The maximum atomic E-state index is 10.0. The van der Waals surface area contributed by atoms with Gasteiger partial charge in [0.1, 0.15) is 12.1 Å². The molecule has 0 aliphatic carbocycles. The topological polar surface area (TPSA) is 60.7 Å². The molecule has 256 valence electrons. The standard InChI is InChI=1S/C50H31N5/c51-32-35-23-25-40(29-36(35)33-52)55-48-28-26-41(53(37-13-4-1-5-14-37)38-15-6-2-7-16-38)31-45(48)50-42(20-12-22-49(50)55)34-24-27-47-44(30-34)43-19-10-11-21-46(43)54(47)39-17-8-3-9-18-39/h1-31H. The van der Waals surface area contributed by atoms with Gasteiger partial charge < -0.3 is 14.0 Å². The van der Waals surface area contributed by atoms with Gasteiger partial charge in [-0.1, -0.05) is 91.0 Å². The molecular weight excluding hydrogens is 671 g/mol. The molecule has 0 spiro atoms. The van der Waals surface area contributed by atoms with Crippen LogP contribution in [0.25, 0.3) is 66.1 Å². The first-order valence-electron chi connectivity index (χ1n) is 18.2. The highest BCUT2D eigenvalue weighted by molar-refractivity contribution is 6.18. The van der Waals surface area contributed by atoms with E-state index in [4.69, 9.17) is 0 Å². The van der Waals surface area contributed by atoms with Gasteiger partial charge in [0, 0.05) is 50.0 Å². The van der Waals surface area contributed by atoms with Crippen LogP contribution in [0.1, 0.15) is 11.1 Å². The van der Waals surface area contributed by atoms with Crippen molar-refractivity contribution in [3.8, 4) is 34.6 Å². The van der Waals surface area contributed by atoms with Crippen LogP contribution < -0.4 is 4.90 Å². The van der Waals surface area contributed by atoms with Crippen molar-refractivity contribution in [1.82, 2.24) is 9.13 Å². The zero-order valence-electron chi connectivity index (χ0n) is 29.6. The molecule has 0 saturated heterocycles. The number of nitriles is 2. The van der Waals surface area contributed by atoms with Gasteiger partial charge >= 0.3 is 0 Å². The average molecular weight is 702 g/mol. The van der Waals surface area contributed by atoms with Crippen molar-refractivity contribution in [2.24, 2.45) is 0 Å². The molecule has 0 atom stereocenters. The minimum atomic E-state index is 0.349. The first-order valence-corrected chi connectivity index (χ1v) is 18.2. The van der Waals surface area contributed by atoms with E-state index >= 15 is 0 Å². The monoisotopic (exact) mass is 701 g/mol. The quantitative estimate of drug-likeness (QED) is 0.173. The summed E-state index contributed by atoms with van der Waals surface area (Å²) in [4.78, 5) is 2.28. The Kier molecular flexibility index (Phi) is 7.51. The molecule has 0 amide bonds. The molecule has 0 bridgehead atoms. The fourth-order valence-corrected chi connectivity index (χ4v) is 8.17. The molecular formula is C50H31N5. The van der Waals surface area contributed by atoms with Gasteiger partial charge in [0.2, 0.25) is 0 Å². The Bertz CT molecular complexity index is 3120. The second-order valence-corrected chi connectivity index (χ2v) is 13.6. The van der Waals surface area contributed by atoms with Crippen LogP contribution in [-0.2, 0) is 0 Å². The lowest BCUT2D eigenvalue weighted by Gasteiger charge is -2.25. The van der Waals surface area contributed by atoms with Crippen LogP contribution in [-0.4, -0.2) is 9.13 Å². The number of anilines is 3. The molecule has 2 heterocycles. The normalized spacial score (nSPS) is 11.2. The number of fused-ring (bicyclic) bond motifs is 6. The Morgan fingerprint density at radius 3 is 1.71 bits per heavy atom. The molecule has 2 aromatic heterocycles. The molecule has 0 radical (unpaired) electrons. The van der Waals surface area contributed by atoms with Gasteiger partial charge in [0.25, 0.3) is 0 Å². The molecule has 0 saturated carbocycles. The van der Waals surface area contributed by atoms with Gasteiger partial charge in [-0.2, -0.15) is 10.5 Å². The zero-order chi connectivity index (χ0) is 36.9. The maximum absolute atomic E-state index is 10.0. The number of para-hydroxylation sites is 4. The Hall–Kier alpha value is -7.86. The third-order valence-electron chi connectivity index (χ3n) is 10.6. The minimum absolute atomic E-state index is 0.349. The van der Waals surface area contributed by atoms with Crippen molar-refractivity contribution < 1.29 is 0 Å². The van der Waals surface area contributed by atoms with Crippen molar-refractivity contribution in [1.29, 1.82) is 10.5 Å². The van der Waals surface area contributed by atoms with Crippen molar-refractivity contribution in [3.63, 3.8) is 0 Å². The van der Waals surface area contributed by atoms with Crippen LogP contribution in [0.5, 0.6) is 0 Å². The van der Waals surface area contributed by atoms with Gasteiger partial charge in [-0.05, 0) is 108 Å². The highest BCUT2D eigenvalue weighted by atomic mass is 15.1. The summed E-state index contributed by atoms with van der Waals surface area (Å²) in [5, 5.41) is 24.3. The number of benzene rings is 8. The van der Waals surface area contributed by atoms with Crippen molar-refractivity contribution in [2.75, 3.05) is 4.90 Å². The SMILES string of the molecule is N#Cc1ccc(-n2c3ccc(N(c4ccccc4)c4ccccc4)cc3c3c(-c4ccc5c(c4)c4ccccc4n5-c4ccccc4)cccc32)cc1C#N. The fraction of sp³-hybridized carbons (Fsp3) is 0. The van der Waals surface area contributed by atoms with Crippen molar-refractivity contribution in [2.45, 2.75) is 0 Å². The predicted octanol–water partition coefficient (Wildman–Crippen LogP) is 12.8. The summed E-state index contributed by atoms with van der Waals surface area (Å²) >= 11 is 0.